The van der Waals surface area contributed by atoms with Crippen molar-refractivity contribution in [2.75, 3.05) is 19.8 Å². The quantitative estimate of drug-likeness (QED) is 0.561. The Morgan fingerprint density at radius 3 is 2.55 bits per heavy atom. The Kier molecular flexibility index (Phi) is 4.51. The number of hydrogen-bond donors (Lipinski definition) is 1. The fourth-order valence-electron chi connectivity index (χ4n) is 1.24. The summed E-state index contributed by atoms with van der Waals surface area (Å²) in [7, 11) is 0. The molecular weight excluding hydrogens is 141 g/mol. The molecule has 1 aliphatic carbocycles. The first-order valence-corrected chi connectivity index (χ1v) is 4.70. The lowest BCUT2D eigenvalue weighted by Gasteiger charge is -2.01. The molecule has 1 N–H and O–H groups in total. The molecule has 1 aliphatic rings. The van der Waals surface area contributed by atoms with Crippen molar-refractivity contribution in [1.29, 1.82) is 0 Å². The summed E-state index contributed by atoms with van der Waals surface area (Å²) < 4.78 is 11.6. The van der Waals surface area contributed by atoms with Crippen molar-refractivity contribution in [2.45, 2.75) is 32.1 Å². The van der Waals surface area contributed by atoms with Gasteiger partial charge in [0, 0.05) is 0 Å². The second-order valence-electron chi connectivity index (χ2n) is 3.38. The molecule has 1 fully saturated rings. The normalized spacial score (nSPS) is 17.2. The highest BCUT2D eigenvalue weighted by Gasteiger charge is 2.19. The Labute approximate surface area is 68.4 Å². The van der Waals surface area contributed by atoms with Gasteiger partial charge in [0.15, 0.2) is 0 Å². The van der Waals surface area contributed by atoms with E-state index in [0.29, 0.717) is 6.42 Å². The molecule has 0 heterocycles. The van der Waals surface area contributed by atoms with Crippen LogP contribution in [0.5, 0.6) is 0 Å². The van der Waals surface area contributed by atoms with Crippen LogP contribution in [0, 0.1) is 5.92 Å². The first kappa shape index (κ1) is 8.98. The summed E-state index contributed by atoms with van der Waals surface area (Å²) in [6.07, 6.45) is 6.22. The summed E-state index contributed by atoms with van der Waals surface area (Å²) in [5.74, 6) is 1.04. The van der Waals surface area contributed by atoms with E-state index in [2.05, 4.69) is 5.32 Å². The molecule has 0 saturated heterocycles. The zero-order valence-corrected chi connectivity index (χ0v) is 7.11. The fraction of sp³-hybridized carbons (Fsp3) is 1.00. The van der Waals surface area contributed by atoms with Crippen molar-refractivity contribution in [3.8, 4) is 0 Å². The van der Waals surface area contributed by atoms with E-state index in [1.54, 1.807) is 0 Å². The van der Waals surface area contributed by atoms with Crippen LogP contribution in [0.25, 0.3) is 0 Å². The zero-order valence-electron chi connectivity index (χ0n) is 7.11. The molecule has 1 rings (SSSR count). The molecule has 11 heavy (non-hydrogen) atoms. The predicted molar refractivity (Wildman–Crippen MR) is 45.4 cm³/mol. The average molecular weight is 159 g/mol. The van der Waals surface area contributed by atoms with E-state index in [0.717, 1.165) is 19.0 Å². The van der Waals surface area contributed by atoms with Crippen LogP contribution >= 0.6 is 0 Å². The second kappa shape index (κ2) is 5.53. The van der Waals surface area contributed by atoms with E-state index >= 15 is 0 Å². The van der Waals surface area contributed by atoms with Gasteiger partial charge >= 0.3 is 0 Å². The standard InChI is InChI=1S/C9H18FN/c10-6-2-8-11-7-1-3-9-4-5-9/h9,11H,1-8H2. The van der Waals surface area contributed by atoms with E-state index < -0.39 is 0 Å². The Bertz CT molecular complexity index is 91.6. The van der Waals surface area contributed by atoms with Crippen molar-refractivity contribution in [3.05, 3.63) is 0 Å². The highest BCUT2D eigenvalue weighted by atomic mass is 19.1. The van der Waals surface area contributed by atoms with Crippen LogP contribution in [-0.2, 0) is 0 Å². The second-order valence-corrected chi connectivity index (χ2v) is 3.38. The lowest BCUT2D eigenvalue weighted by molar-refractivity contribution is 0.456. The van der Waals surface area contributed by atoms with Crippen LogP contribution < -0.4 is 5.32 Å². The van der Waals surface area contributed by atoms with E-state index in [1.807, 2.05) is 0 Å². The summed E-state index contributed by atoms with van der Waals surface area (Å²) in [6, 6.07) is 0. The smallest absolute Gasteiger partial charge is 0.0906 e. The summed E-state index contributed by atoms with van der Waals surface area (Å²) in [4.78, 5) is 0. The number of halogens is 1. The Morgan fingerprint density at radius 2 is 1.91 bits per heavy atom. The average Bonchev–Trinajstić information content (AvgIpc) is 2.80. The molecular formula is C9H18FN. The highest BCUT2D eigenvalue weighted by molar-refractivity contribution is 4.72. The van der Waals surface area contributed by atoms with Crippen molar-refractivity contribution in [2.24, 2.45) is 5.92 Å². The molecule has 0 radical (unpaired) electrons. The molecule has 0 spiro atoms. The third-order valence-corrected chi connectivity index (χ3v) is 2.15. The molecule has 0 aromatic carbocycles. The van der Waals surface area contributed by atoms with Gasteiger partial charge in [-0.2, -0.15) is 0 Å². The summed E-state index contributed by atoms with van der Waals surface area (Å²) in [6.45, 7) is 1.74. The zero-order chi connectivity index (χ0) is 7.94. The van der Waals surface area contributed by atoms with Crippen molar-refractivity contribution in [1.82, 2.24) is 5.32 Å². The third-order valence-electron chi connectivity index (χ3n) is 2.15. The molecule has 0 atom stereocenters. The minimum absolute atomic E-state index is 0.185. The van der Waals surface area contributed by atoms with Gasteiger partial charge in [0.25, 0.3) is 0 Å². The van der Waals surface area contributed by atoms with Crippen LogP contribution in [0.2, 0.25) is 0 Å². The van der Waals surface area contributed by atoms with E-state index in [4.69, 9.17) is 0 Å². The lowest BCUT2D eigenvalue weighted by atomic mass is 10.2. The molecule has 2 heteroatoms. The maximum Gasteiger partial charge on any atom is 0.0906 e. The summed E-state index contributed by atoms with van der Waals surface area (Å²) in [5.41, 5.74) is 0. The van der Waals surface area contributed by atoms with Crippen LogP contribution in [-0.4, -0.2) is 19.8 Å². The molecule has 1 nitrogen and oxygen atoms in total. The molecule has 0 aromatic heterocycles. The maximum atomic E-state index is 11.6. The van der Waals surface area contributed by atoms with Gasteiger partial charge in [-0.1, -0.05) is 12.8 Å². The molecule has 0 amide bonds. The molecule has 0 unspecified atom stereocenters. The van der Waals surface area contributed by atoms with Gasteiger partial charge in [0.05, 0.1) is 6.67 Å². The largest absolute Gasteiger partial charge is 0.317 e. The highest BCUT2D eigenvalue weighted by Crippen LogP contribution is 2.33. The van der Waals surface area contributed by atoms with Crippen LogP contribution in [0.15, 0.2) is 0 Å². The number of hydrogen-bond acceptors (Lipinski definition) is 1. The topological polar surface area (TPSA) is 12.0 Å². The molecule has 0 bridgehead atoms. The minimum Gasteiger partial charge on any atom is -0.317 e. The first-order valence-electron chi connectivity index (χ1n) is 4.70. The Morgan fingerprint density at radius 1 is 1.18 bits per heavy atom. The summed E-state index contributed by atoms with van der Waals surface area (Å²) in [5, 5.41) is 3.23. The van der Waals surface area contributed by atoms with Crippen molar-refractivity contribution in [3.63, 3.8) is 0 Å². The lowest BCUT2D eigenvalue weighted by Crippen LogP contribution is -2.17. The van der Waals surface area contributed by atoms with Gasteiger partial charge in [-0.3, -0.25) is 4.39 Å². The SMILES string of the molecule is FCCCNCCCC1CC1. The van der Waals surface area contributed by atoms with Crippen molar-refractivity contribution >= 4 is 0 Å². The van der Waals surface area contributed by atoms with Gasteiger partial charge in [0.2, 0.25) is 0 Å². The monoisotopic (exact) mass is 159 g/mol. The van der Waals surface area contributed by atoms with E-state index in [1.165, 1.54) is 25.7 Å². The van der Waals surface area contributed by atoms with Gasteiger partial charge in [-0.25, -0.2) is 0 Å². The number of alkyl halides is 1. The molecule has 0 aliphatic heterocycles. The van der Waals surface area contributed by atoms with Crippen LogP contribution in [0.1, 0.15) is 32.1 Å². The minimum atomic E-state index is -0.185. The maximum absolute atomic E-state index is 11.6. The Balaban J connectivity index is 1.66. The van der Waals surface area contributed by atoms with Crippen molar-refractivity contribution < 1.29 is 4.39 Å². The fourth-order valence-corrected chi connectivity index (χ4v) is 1.24. The van der Waals surface area contributed by atoms with E-state index in [-0.39, 0.29) is 6.67 Å². The van der Waals surface area contributed by atoms with Gasteiger partial charge in [0.1, 0.15) is 0 Å². The molecule has 1 saturated carbocycles. The number of nitrogens with one attached hydrogen (secondary N) is 1. The van der Waals surface area contributed by atoms with Gasteiger partial charge in [-0.05, 0) is 38.3 Å². The van der Waals surface area contributed by atoms with Gasteiger partial charge in [-0.15, -0.1) is 0 Å². The van der Waals surface area contributed by atoms with Crippen LogP contribution in [0.3, 0.4) is 0 Å². The van der Waals surface area contributed by atoms with E-state index in [9.17, 15) is 4.39 Å². The summed E-state index contributed by atoms with van der Waals surface area (Å²) >= 11 is 0. The third kappa shape index (κ3) is 5.19. The molecule has 66 valence electrons. The first-order chi connectivity index (χ1) is 5.43. The predicted octanol–water partition coefficient (Wildman–Crippen LogP) is 2.13. The molecule has 0 aromatic rings. The number of rotatable bonds is 7. The van der Waals surface area contributed by atoms with Crippen LogP contribution in [0.4, 0.5) is 4.39 Å². The van der Waals surface area contributed by atoms with Gasteiger partial charge < -0.3 is 5.32 Å². The Hall–Kier alpha value is -0.110.